The Morgan fingerprint density at radius 1 is 1.26 bits per heavy atom. The van der Waals surface area contributed by atoms with Gasteiger partial charge in [0.05, 0.1) is 6.54 Å². The van der Waals surface area contributed by atoms with E-state index in [2.05, 4.69) is 29.1 Å². The second-order valence-corrected chi connectivity index (χ2v) is 6.55. The number of hydrogen-bond donors (Lipinski definition) is 0. The van der Waals surface area contributed by atoms with Crippen molar-refractivity contribution in [3.05, 3.63) is 54.4 Å². The molecule has 1 aromatic carbocycles. The number of likely N-dealkylation sites (tertiary alicyclic amines) is 1. The van der Waals surface area contributed by atoms with Crippen molar-refractivity contribution in [3.8, 4) is 5.75 Å². The number of amides is 1. The molecule has 0 radical (unpaired) electrons. The number of nitrogens with zero attached hydrogens (tertiary/aromatic N) is 2. The van der Waals surface area contributed by atoms with Crippen LogP contribution >= 0.6 is 0 Å². The predicted molar refractivity (Wildman–Crippen MR) is 88.5 cm³/mol. The van der Waals surface area contributed by atoms with E-state index in [0.29, 0.717) is 13.0 Å². The minimum atomic E-state index is -0.341. The summed E-state index contributed by atoms with van der Waals surface area (Å²) < 4.78 is 8.66. The van der Waals surface area contributed by atoms with Crippen LogP contribution in [0.3, 0.4) is 0 Å². The zero-order chi connectivity index (χ0) is 15.9. The molecule has 1 spiro atoms. The minimum Gasteiger partial charge on any atom is -0.482 e. The first-order valence-electron chi connectivity index (χ1n) is 8.42. The van der Waals surface area contributed by atoms with E-state index in [4.69, 9.17) is 4.74 Å². The van der Waals surface area contributed by atoms with Crippen molar-refractivity contribution in [2.24, 2.45) is 0 Å². The maximum Gasteiger partial charge on any atom is 0.222 e. The molecular formula is C19H22N2O2. The lowest BCUT2D eigenvalue weighted by Gasteiger charge is -2.31. The van der Waals surface area contributed by atoms with E-state index in [9.17, 15) is 4.79 Å². The van der Waals surface area contributed by atoms with Gasteiger partial charge < -0.3 is 14.2 Å². The van der Waals surface area contributed by atoms with Gasteiger partial charge in [0.15, 0.2) is 5.60 Å². The van der Waals surface area contributed by atoms with E-state index in [0.717, 1.165) is 25.1 Å². The first-order valence-corrected chi connectivity index (χ1v) is 8.42. The van der Waals surface area contributed by atoms with Crippen LogP contribution < -0.4 is 4.74 Å². The van der Waals surface area contributed by atoms with Gasteiger partial charge in [-0.05, 0) is 24.6 Å². The van der Waals surface area contributed by atoms with Crippen LogP contribution in [0.25, 0.3) is 0 Å². The lowest BCUT2D eigenvalue weighted by molar-refractivity contribution is -0.131. The number of carbonyl (C=O) groups is 1. The molecule has 4 heteroatoms. The van der Waals surface area contributed by atoms with Crippen LogP contribution in [-0.4, -0.2) is 34.1 Å². The summed E-state index contributed by atoms with van der Waals surface area (Å²) in [6, 6.07) is 12.5. The Morgan fingerprint density at radius 2 is 2.04 bits per heavy atom. The maximum atomic E-state index is 12.3. The van der Waals surface area contributed by atoms with Crippen LogP contribution in [0.1, 0.15) is 37.8 Å². The van der Waals surface area contributed by atoms with Gasteiger partial charge in [-0.15, -0.1) is 0 Å². The summed E-state index contributed by atoms with van der Waals surface area (Å²) in [5, 5.41) is 0. The first-order chi connectivity index (χ1) is 11.2. The SMILES string of the molecule is CCCC(=O)N1CCC2(C1)Oc1ccccc1C2n1cccc1. The van der Waals surface area contributed by atoms with Gasteiger partial charge in [-0.3, -0.25) is 4.79 Å². The van der Waals surface area contributed by atoms with Crippen molar-refractivity contribution in [3.63, 3.8) is 0 Å². The number of hydrogen-bond acceptors (Lipinski definition) is 2. The summed E-state index contributed by atoms with van der Waals surface area (Å²) in [5.74, 6) is 1.20. The highest BCUT2D eigenvalue weighted by molar-refractivity contribution is 5.76. The van der Waals surface area contributed by atoms with Gasteiger partial charge in [0.1, 0.15) is 11.8 Å². The quantitative estimate of drug-likeness (QED) is 0.872. The molecule has 0 bridgehead atoms. The highest BCUT2D eigenvalue weighted by Crippen LogP contribution is 2.49. The molecular weight excluding hydrogens is 288 g/mol. The Bertz CT molecular complexity index is 710. The Hall–Kier alpha value is -2.23. The molecule has 3 heterocycles. The molecule has 4 nitrogen and oxygen atoms in total. The molecule has 1 saturated heterocycles. The first kappa shape index (κ1) is 14.4. The third-order valence-corrected chi connectivity index (χ3v) is 5.03. The van der Waals surface area contributed by atoms with Crippen LogP contribution in [0.15, 0.2) is 48.8 Å². The molecule has 2 aliphatic rings. The van der Waals surface area contributed by atoms with Crippen molar-refractivity contribution in [1.82, 2.24) is 9.47 Å². The monoisotopic (exact) mass is 310 g/mol. The van der Waals surface area contributed by atoms with Gasteiger partial charge in [-0.25, -0.2) is 0 Å². The summed E-state index contributed by atoms with van der Waals surface area (Å²) in [6.45, 7) is 3.50. The Morgan fingerprint density at radius 3 is 2.83 bits per heavy atom. The minimum absolute atomic E-state index is 0.133. The average Bonchev–Trinajstić information content (AvgIpc) is 3.26. The standard InChI is InChI=1S/C19H22N2O2/c1-2-7-17(22)21-13-10-19(14-21)18(20-11-5-6-12-20)15-8-3-4-9-16(15)23-19/h3-6,8-9,11-12,18H,2,7,10,13-14H2,1H3. The van der Waals surface area contributed by atoms with Gasteiger partial charge in [-0.1, -0.05) is 25.1 Å². The molecule has 0 N–H and O–H groups in total. The highest BCUT2D eigenvalue weighted by Gasteiger charge is 2.53. The second-order valence-electron chi connectivity index (χ2n) is 6.55. The van der Waals surface area contributed by atoms with E-state index < -0.39 is 0 Å². The number of aromatic nitrogens is 1. The van der Waals surface area contributed by atoms with Crippen molar-refractivity contribution in [1.29, 1.82) is 0 Å². The van der Waals surface area contributed by atoms with Crippen LogP contribution in [0.5, 0.6) is 5.75 Å². The largest absolute Gasteiger partial charge is 0.482 e. The summed E-state index contributed by atoms with van der Waals surface area (Å²) in [5.41, 5.74) is 0.875. The normalized spacial score (nSPS) is 25.6. The van der Waals surface area contributed by atoms with Crippen LogP contribution in [0, 0.1) is 0 Å². The van der Waals surface area contributed by atoms with Crippen LogP contribution in [0.2, 0.25) is 0 Å². The fraction of sp³-hybridized carbons (Fsp3) is 0.421. The number of carbonyl (C=O) groups excluding carboxylic acids is 1. The lowest BCUT2D eigenvalue weighted by Crippen LogP contribution is -2.44. The van der Waals surface area contributed by atoms with Gasteiger partial charge >= 0.3 is 0 Å². The zero-order valence-electron chi connectivity index (χ0n) is 13.4. The van der Waals surface area contributed by atoms with Crippen molar-refractivity contribution in [2.45, 2.75) is 37.8 Å². The van der Waals surface area contributed by atoms with Gasteiger partial charge in [0, 0.05) is 37.3 Å². The molecule has 2 unspecified atom stereocenters. The number of rotatable bonds is 3. The summed E-state index contributed by atoms with van der Waals surface area (Å²) in [7, 11) is 0. The molecule has 23 heavy (non-hydrogen) atoms. The summed E-state index contributed by atoms with van der Waals surface area (Å²) in [4.78, 5) is 14.3. The van der Waals surface area contributed by atoms with Gasteiger partial charge in [0.25, 0.3) is 0 Å². The molecule has 2 atom stereocenters. The molecule has 1 amide bonds. The van der Waals surface area contributed by atoms with Crippen LogP contribution in [-0.2, 0) is 4.79 Å². The second kappa shape index (κ2) is 5.44. The van der Waals surface area contributed by atoms with E-state index in [1.54, 1.807) is 0 Å². The zero-order valence-corrected chi connectivity index (χ0v) is 13.4. The van der Waals surface area contributed by atoms with Crippen molar-refractivity contribution >= 4 is 5.91 Å². The van der Waals surface area contributed by atoms with Gasteiger partial charge in [0.2, 0.25) is 5.91 Å². The van der Waals surface area contributed by atoms with Crippen molar-refractivity contribution < 1.29 is 9.53 Å². The molecule has 1 aromatic heterocycles. The fourth-order valence-corrected chi connectivity index (χ4v) is 4.01. The van der Waals surface area contributed by atoms with E-state index in [-0.39, 0.29) is 17.6 Å². The number of para-hydroxylation sites is 1. The maximum absolute atomic E-state index is 12.3. The molecule has 2 aliphatic heterocycles. The lowest BCUT2D eigenvalue weighted by atomic mass is 9.90. The smallest absolute Gasteiger partial charge is 0.222 e. The summed E-state index contributed by atoms with van der Waals surface area (Å²) in [6.07, 6.45) is 6.57. The Kier molecular flexibility index (Phi) is 3.40. The molecule has 120 valence electrons. The number of benzene rings is 1. The fourth-order valence-electron chi connectivity index (χ4n) is 4.01. The molecule has 2 aromatic rings. The molecule has 0 aliphatic carbocycles. The molecule has 1 fully saturated rings. The molecule has 4 rings (SSSR count). The third kappa shape index (κ3) is 2.24. The Labute approximate surface area is 136 Å². The third-order valence-electron chi connectivity index (χ3n) is 5.03. The van der Waals surface area contributed by atoms with Crippen molar-refractivity contribution in [2.75, 3.05) is 13.1 Å². The average molecular weight is 310 g/mol. The Balaban J connectivity index is 1.70. The number of fused-ring (bicyclic) bond motifs is 1. The van der Waals surface area contributed by atoms with E-state index >= 15 is 0 Å². The molecule has 0 saturated carbocycles. The van der Waals surface area contributed by atoms with Crippen LogP contribution in [0.4, 0.5) is 0 Å². The van der Waals surface area contributed by atoms with Gasteiger partial charge in [-0.2, -0.15) is 0 Å². The number of ether oxygens (including phenoxy) is 1. The predicted octanol–water partition coefficient (Wildman–Crippen LogP) is 3.24. The van der Waals surface area contributed by atoms with E-state index in [1.807, 2.05) is 36.1 Å². The highest BCUT2D eigenvalue weighted by atomic mass is 16.5. The van der Waals surface area contributed by atoms with E-state index in [1.165, 1.54) is 5.56 Å². The summed E-state index contributed by atoms with van der Waals surface area (Å²) >= 11 is 0. The topological polar surface area (TPSA) is 34.5 Å².